The first-order chi connectivity index (χ1) is 12.6. The highest BCUT2D eigenvalue weighted by molar-refractivity contribution is 5.79. The highest BCUT2D eigenvalue weighted by Gasteiger charge is 2.34. The van der Waals surface area contributed by atoms with Crippen LogP contribution in [-0.4, -0.2) is 54.0 Å². The van der Waals surface area contributed by atoms with Crippen LogP contribution in [0.3, 0.4) is 0 Å². The van der Waals surface area contributed by atoms with Gasteiger partial charge in [-0.15, -0.1) is 0 Å². The molecule has 1 aromatic rings. The summed E-state index contributed by atoms with van der Waals surface area (Å²) < 4.78 is 0. The fraction of sp³-hybridized carbons (Fsp3) is 0.619. The molecule has 1 saturated heterocycles. The van der Waals surface area contributed by atoms with Crippen molar-refractivity contribution in [2.24, 2.45) is 0 Å². The zero-order chi connectivity index (χ0) is 18.4. The molecular weight excluding hydrogens is 324 g/mol. The summed E-state index contributed by atoms with van der Waals surface area (Å²) in [6.45, 7) is 7.26. The van der Waals surface area contributed by atoms with E-state index in [9.17, 15) is 10.1 Å². The van der Waals surface area contributed by atoms with Crippen molar-refractivity contribution >= 4 is 5.91 Å². The van der Waals surface area contributed by atoms with Crippen molar-refractivity contribution in [2.75, 3.05) is 32.7 Å². The van der Waals surface area contributed by atoms with Crippen LogP contribution < -0.4 is 5.32 Å². The minimum Gasteiger partial charge on any atom is -0.337 e. The van der Waals surface area contributed by atoms with E-state index in [1.54, 1.807) is 0 Å². The van der Waals surface area contributed by atoms with Gasteiger partial charge in [-0.25, -0.2) is 0 Å². The van der Waals surface area contributed by atoms with Crippen molar-refractivity contribution in [3.63, 3.8) is 0 Å². The first-order valence-corrected chi connectivity index (χ1v) is 9.81. The van der Waals surface area contributed by atoms with Crippen molar-refractivity contribution in [1.29, 1.82) is 5.26 Å². The summed E-state index contributed by atoms with van der Waals surface area (Å²) in [6, 6.07) is 11.0. The number of carbonyl (C=O) groups excluding carboxylic acids is 1. The lowest BCUT2D eigenvalue weighted by atomic mass is 9.83. The molecule has 5 nitrogen and oxygen atoms in total. The van der Waals surface area contributed by atoms with Gasteiger partial charge in [0.15, 0.2) is 0 Å². The van der Waals surface area contributed by atoms with Gasteiger partial charge in [0.05, 0.1) is 12.6 Å². The molecule has 1 aromatic carbocycles. The van der Waals surface area contributed by atoms with E-state index in [0.29, 0.717) is 6.54 Å². The molecule has 26 heavy (non-hydrogen) atoms. The van der Waals surface area contributed by atoms with Gasteiger partial charge in [0.2, 0.25) is 5.91 Å². The Morgan fingerprint density at radius 2 is 1.85 bits per heavy atom. The summed E-state index contributed by atoms with van der Waals surface area (Å²) in [6.07, 6.45) is 4.82. The SMILES string of the molecule is Cc1cccc(CN2CCN(CC(=O)NC3(C#N)CCCCC3)CC2)c1. The van der Waals surface area contributed by atoms with Crippen molar-refractivity contribution in [2.45, 2.75) is 51.1 Å². The molecule has 0 atom stereocenters. The fourth-order valence-electron chi connectivity index (χ4n) is 4.10. The number of nitrogens with one attached hydrogen (secondary N) is 1. The predicted molar refractivity (Wildman–Crippen MR) is 102 cm³/mol. The molecule has 1 amide bonds. The number of hydrogen-bond donors (Lipinski definition) is 1. The van der Waals surface area contributed by atoms with Gasteiger partial charge in [-0.3, -0.25) is 14.6 Å². The van der Waals surface area contributed by atoms with Crippen molar-refractivity contribution in [3.05, 3.63) is 35.4 Å². The number of piperazine rings is 1. The molecule has 1 heterocycles. The molecule has 0 unspecified atom stereocenters. The third-order valence-electron chi connectivity index (χ3n) is 5.62. The minimum absolute atomic E-state index is 0.000541. The molecule has 1 aliphatic carbocycles. The molecule has 0 radical (unpaired) electrons. The van der Waals surface area contributed by atoms with Gasteiger partial charge in [-0.05, 0) is 25.3 Å². The number of benzene rings is 1. The Morgan fingerprint density at radius 3 is 2.50 bits per heavy atom. The molecule has 0 spiro atoms. The summed E-state index contributed by atoms with van der Waals surface area (Å²) in [5.74, 6) is 0.000541. The molecule has 0 aromatic heterocycles. The maximum atomic E-state index is 12.4. The van der Waals surface area contributed by atoms with Gasteiger partial charge in [0.25, 0.3) is 0 Å². The highest BCUT2D eigenvalue weighted by Crippen LogP contribution is 2.27. The molecule has 1 saturated carbocycles. The topological polar surface area (TPSA) is 59.4 Å². The fourth-order valence-corrected chi connectivity index (χ4v) is 4.10. The molecule has 1 aliphatic heterocycles. The maximum absolute atomic E-state index is 12.4. The Labute approximate surface area is 157 Å². The number of nitrogens with zero attached hydrogens (tertiary/aromatic N) is 3. The van der Waals surface area contributed by atoms with Crippen LogP contribution in [-0.2, 0) is 11.3 Å². The largest absolute Gasteiger partial charge is 0.337 e. The van der Waals surface area contributed by atoms with E-state index in [4.69, 9.17) is 0 Å². The average Bonchev–Trinajstić information content (AvgIpc) is 2.64. The Morgan fingerprint density at radius 1 is 1.15 bits per heavy atom. The van der Waals surface area contributed by atoms with E-state index in [2.05, 4.69) is 52.4 Å². The zero-order valence-electron chi connectivity index (χ0n) is 15.8. The maximum Gasteiger partial charge on any atom is 0.235 e. The second kappa shape index (κ2) is 8.66. The van der Waals surface area contributed by atoms with Gasteiger partial charge in [-0.1, -0.05) is 49.1 Å². The van der Waals surface area contributed by atoms with Gasteiger partial charge in [-0.2, -0.15) is 5.26 Å². The van der Waals surface area contributed by atoms with Gasteiger partial charge >= 0.3 is 0 Å². The third-order valence-corrected chi connectivity index (χ3v) is 5.62. The number of amides is 1. The Hall–Kier alpha value is -1.90. The van der Waals surface area contributed by atoms with Crippen molar-refractivity contribution in [3.8, 4) is 6.07 Å². The first kappa shape index (κ1) is 18.9. The molecule has 1 N–H and O–H groups in total. The zero-order valence-corrected chi connectivity index (χ0v) is 15.8. The van der Waals surface area contributed by atoms with Crippen LogP contribution in [0.15, 0.2) is 24.3 Å². The third kappa shape index (κ3) is 5.06. The van der Waals surface area contributed by atoms with E-state index in [0.717, 1.165) is 58.4 Å². The van der Waals surface area contributed by atoms with Gasteiger partial charge in [0.1, 0.15) is 5.54 Å². The molecule has 2 fully saturated rings. The van der Waals surface area contributed by atoms with Crippen molar-refractivity contribution in [1.82, 2.24) is 15.1 Å². The van der Waals surface area contributed by atoms with E-state index in [1.165, 1.54) is 17.5 Å². The second-order valence-corrected chi connectivity index (χ2v) is 7.84. The van der Waals surface area contributed by atoms with Gasteiger partial charge in [0, 0.05) is 32.7 Å². The Balaban J connectivity index is 1.43. The normalized spacial score (nSPS) is 21.1. The van der Waals surface area contributed by atoms with Crippen LogP contribution >= 0.6 is 0 Å². The summed E-state index contributed by atoms with van der Waals surface area (Å²) in [7, 11) is 0. The predicted octanol–water partition coefficient (Wildman–Crippen LogP) is 2.46. The second-order valence-electron chi connectivity index (χ2n) is 7.84. The first-order valence-electron chi connectivity index (χ1n) is 9.81. The Kier molecular flexibility index (Phi) is 6.29. The van der Waals surface area contributed by atoms with Crippen LogP contribution in [0.4, 0.5) is 0 Å². The number of carbonyl (C=O) groups is 1. The number of aryl methyl sites for hydroxylation is 1. The Bertz CT molecular complexity index is 652. The molecule has 5 heteroatoms. The number of rotatable bonds is 5. The van der Waals surface area contributed by atoms with Crippen LogP contribution in [0.2, 0.25) is 0 Å². The monoisotopic (exact) mass is 354 g/mol. The minimum atomic E-state index is -0.623. The number of nitriles is 1. The standard InChI is InChI=1S/C21H30N4O/c1-18-6-5-7-19(14-18)15-24-10-12-25(13-11-24)16-20(26)23-21(17-22)8-3-2-4-9-21/h5-7,14H,2-4,8-13,15-16H2,1H3,(H,23,26). The van der Waals surface area contributed by atoms with E-state index < -0.39 is 5.54 Å². The van der Waals surface area contributed by atoms with Crippen LogP contribution in [0, 0.1) is 18.3 Å². The lowest BCUT2D eigenvalue weighted by molar-refractivity contribution is -0.124. The molecule has 0 bridgehead atoms. The molecule has 2 aliphatic rings. The van der Waals surface area contributed by atoms with E-state index >= 15 is 0 Å². The molecular formula is C21H30N4O. The van der Waals surface area contributed by atoms with Crippen LogP contribution in [0.25, 0.3) is 0 Å². The highest BCUT2D eigenvalue weighted by atomic mass is 16.2. The smallest absolute Gasteiger partial charge is 0.235 e. The summed E-state index contributed by atoms with van der Waals surface area (Å²) >= 11 is 0. The summed E-state index contributed by atoms with van der Waals surface area (Å²) in [5, 5.41) is 12.5. The lowest BCUT2D eigenvalue weighted by Crippen LogP contribution is -2.54. The van der Waals surface area contributed by atoms with Gasteiger partial charge < -0.3 is 5.32 Å². The molecule has 140 valence electrons. The lowest BCUT2D eigenvalue weighted by Gasteiger charge is -2.36. The number of hydrogen-bond acceptors (Lipinski definition) is 4. The molecule has 3 rings (SSSR count). The van der Waals surface area contributed by atoms with Crippen molar-refractivity contribution < 1.29 is 4.79 Å². The van der Waals surface area contributed by atoms with E-state index in [1.807, 2.05) is 0 Å². The van der Waals surface area contributed by atoms with Crippen LogP contribution in [0.5, 0.6) is 0 Å². The summed E-state index contributed by atoms with van der Waals surface area (Å²) in [4.78, 5) is 17.1. The summed E-state index contributed by atoms with van der Waals surface area (Å²) in [5.41, 5.74) is 2.03. The quantitative estimate of drug-likeness (QED) is 0.882. The van der Waals surface area contributed by atoms with Crippen LogP contribution in [0.1, 0.15) is 43.2 Å². The van der Waals surface area contributed by atoms with E-state index in [-0.39, 0.29) is 5.91 Å². The average molecular weight is 354 g/mol.